The molecular weight excluding hydrogens is 371 g/mol. The number of amides is 1. The van der Waals surface area contributed by atoms with Crippen LogP contribution < -0.4 is 5.32 Å². The molecular formula is C14H8BrClF3NO. The third kappa shape index (κ3) is 3.77. The Balaban J connectivity index is 2.31. The van der Waals surface area contributed by atoms with Crippen LogP contribution in [-0.2, 0) is 6.18 Å². The van der Waals surface area contributed by atoms with Gasteiger partial charge in [0, 0.05) is 10.0 Å². The normalized spacial score (nSPS) is 11.3. The van der Waals surface area contributed by atoms with Crippen molar-refractivity contribution in [3.05, 3.63) is 63.1 Å². The number of nitrogens with one attached hydrogen (secondary N) is 1. The summed E-state index contributed by atoms with van der Waals surface area (Å²) < 4.78 is 38.3. The molecule has 0 aliphatic carbocycles. The molecule has 0 atom stereocenters. The van der Waals surface area contributed by atoms with E-state index in [0.717, 1.165) is 6.07 Å². The molecule has 0 aliphatic rings. The van der Waals surface area contributed by atoms with E-state index in [1.807, 2.05) is 0 Å². The monoisotopic (exact) mass is 377 g/mol. The van der Waals surface area contributed by atoms with Crippen molar-refractivity contribution < 1.29 is 18.0 Å². The molecule has 0 radical (unpaired) electrons. The van der Waals surface area contributed by atoms with Gasteiger partial charge in [0.2, 0.25) is 0 Å². The quantitative estimate of drug-likeness (QED) is 0.747. The zero-order chi connectivity index (χ0) is 15.6. The summed E-state index contributed by atoms with van der Waals surface area (Å²) in [6.07, 6.45) is -4.54. The number of benzene rings is 2. The van der Waals surface area contributed by atoms with Gasteiger partial charge in [-0.1, -0.05) is 39.7 Å². The Kier molecular flexibility index (Phi) is 4.58. The lowest BCUT2D eigenvalue weighted by Gasteiger charge is -2.12. The molecule has 0 saturated heterocycles. The standard InChI is InChI=1S/C14H8BrClF3NO/c15-10-6-5-8(7-9(10)14(17,18)19)13(21)20-12-4-2-1-3-11(12)16/h1-7H,(H,20,21). The molecule has 2 rings (SSSR count). The van der Waals surface area contributed by atoms with Gasteiger partial charge in [0.1, 0.15) is 0 Å². The van der Waals surface area contributed by atoms with Crippen molar-refractivity contribution in [1.29, 1.82) is 0 Å². The predicted molar refractivity (Wildman–Crippen MR) is 78.5 cm³/mol. The molecule has 0 aliphatic heterocycles. The van der Waals surface area contributed by atoms with Gasteiger partial charge in [-0.15, -0.1) is 0 Å². The second-order valence-corrected chi connectivity index (χ2v) is 5.39. The fourth-order valence-electron chi connectivity index (χ4n) is 1.64. The lowest BCUT2D eigenvalue weighted by atomic mass is 10.1. The van der Waals surface area contributed by atoms with Gasteiger partial charge in [-0.2, -0.15) is 13.2 Å². The van der Waals surface area contributed by atoms with E-state index in [1.54, 1.807) is 24.3 Å². The van der Waals surface area contributed by atoms with Crippen LogP contribution in [-0.4, -0.2) is 5.91 Å². The maximum Gasteiger partial charge on any atom is 0.417 e. The number of halogens is 5. The molecule has 2 aromatic carbocycles. The molecule has 2 aromatic rings. The second-order valence-electron chi connectivity index (χ2n) is 4.13. The zero-order valence-corrected chi connectivity index (χ0v) is 12.7. The van der Waals surface area contributed by atoms with Crippen LogP contribution in [0, 0.1) is 0 Å². The Morgan fingerprint density at radius 1 is 1.14 bits per heavy atom. The summed E-state index contributed by atoms with van der Waals surface area (Å²) in [6.45, 7) is 0. The van der Waals surface area contributed by atoms with E-state index < -0.39 is 17.6 Å². The van der Waals surface area contributed by atoms with Crippen LogP contribution in [0.25, 0.3) is 0 Å². The summed E-state index contributed by atoms with van der Waals surface area (Å²) in [5.74, 6) is -0.666. The lowest BCUT2D eigenvalue weighted by molar-refractivity contribution is -0.138. The molecule has 0 heterocycles. The molecule has 0 spiro atoms. The van der Waals surface area contributed by atoms with E-state index in [0.29, 0.717) is 10.7 Å². The predicted octanol–water partition coefficient (Wildman–Crippen LogP) is 5.37. The minimum atomic E-state index is -4.54. The van der Waals surface area contributed by atoms with Crippen LogP contribution in [0.4, 0.5) is 18.9 Å². The van der Waals surface area contributed by atoms with E-state index in [-0.39, 0.29) is 10.0 Å². The molecule has 0 aromatic heterocycles. The van der Waals surface area contributed by atoms with Gasteiger partial charge in [-0.05, 0) is 30.3 Å². The lowest BCUT2D eigenvalue weighted by Crippen LogP contribution is -2.14. The summed E-state index contributed by atoms with van der Waals surface area (Å²) in [5, 5.41) is 2.78. The van der Waals surface area contributed by atoms with Crippen molar-refractivity contribution in [2.45, 2.75) is 6.18 Å². The van der Waals surface area contributed by atoms with E-state index in [2.05, 4.69) is 21.2 Å². The molecule has 0 unspecified atom stereocenters. The number of alkyl halides is 3. The highest BCUT2D eigenvalue weighted by Crippen LogP contribution is 2.35. The van der Waals surface area contributed by atoms with Crippen molar-refractivity contribution in [2.75, 3.05) is 5.32 Å². The van der Waals surface area contributed by atoms with Crippen LogP contribution >= 0.6 is 27.5 Å². The van der Waals surface area contributed by atoms with Crippen molar-refractivity contribution >= 4 is 39.1 Å². The molecule has 0 saturated carbocycles. The highest BCUT2D eigenvalue weighted by molar-refractivity contribution is 9.10. The molecule has 2 nitrogen and oxygen atoms in total. The van der Waals surface area contributed by atoms with Gasteiger partial charge in [0.05, 0.1) is 16.3 Å². The first-order valence-corrected chi connectivity index (χ1v) is 6.89. The minimum absolute atomic E-state index is 0.106. The minimum Gasteiger partial charge on any atom is -0.321 e. The Hall–Kier alpha value is -1.53. The molecule has 0 bridgehead atoms. The third-order valence-corrected chi connectivity index (χ3v) is 3.68. The van der Waals surface area contributed by atoms with Crippen LogP contribution in [0.15, 0.2) is 46.9 Å². The Labute approximate surface area is 132 Å². The first-order chi connectivity index (χ1) is 9.79. The SMILES string of the molecule is O=C(Nc1ccccc1Cl)c1ccc(Br)c(C(F)(F)F)c1. The van der Waals surface area contributed by atoms with Gasteiger partial charge in [-0.3, -0.25) is 4.79 Å². The summed E-state index contributed by atoms with van der Waals surface area (Å²) in [7, 11) is 0. The molecule has 110 valence electrons. The van der Waals surface area contributed by atoms with Gasteiger partial charge < -0.3 is 5.32 Å². The number of carbonyl (C=O) groups is 1. The van der Waals surface area contributed by atoms with Crippen molar-refractivity contribution in [1.82, 2.24) is 0 Å². The summed E-state index contributed by atoms with van der Waals surface area (Å²) in [5.41, 5.74) is -0.680. The fraction of sp³-hybridized carbons (Fsp3) is 0.0714. The first kappa shape index (κ1) is 15.9. The van der Waals surface area contributed by atoms with Crippen molar-refractivity contribution in [3.8, 4) is 0 Å². The van der Waals surface area contributed by atoms with E-state index in [4.69, 9.17) is 11.6 Å². The Morgan fingerprint density at radius 2 is 1.81 bits per heavy atom. The average molecular weight is 379 g/mol. The average Bonchev–Trinajstić information content (AvgIpc) is 2.40. The maximum absolute atomic E-state index is 12.8. The fourth-order valence-corrected chi connectivity index (χ4v) is 2.30. The number of hydrogen-bond donors (Lipinski definition) is 1. The Morgan fingerprint density at radius 3 is 2.43 bits per heavy atom. The number of hydrogen-bond acceptors (Lipinski definition) is 1. The molecule has 7 heteroatoms. The maximum atomic E-state index is 12.8. The topological polar surface area (TPSA) is 29.1 Å². The van der Waals surface area contributed by atoms with Crippen LogP contribution in [0.2, 0.25) is 5.02 Å². The van der Waals surface area contributed by atoms with Crippen LogP contribution in [0.5, 0.6) is 0 Å². The van der Waals surface area contributed by atoms with E-state index in [9.17, 15) is 18.0 Å². The van der Waals surface area contributed by atoms with Gasteiger partial charge in [0.15, 0.2) is 0 Å². The second kappa shape index (κ2) is 6.07. The number of anilines is 1. The van der Waals surface area contributed by atoms with Crippen LogP contribution in [0.3, 0.4) is 0 Å². The highest BCUT2D eigenvalue weighted by atomic mass is 79.9. The largest absolute Gasteiger partial charge is 0.417 e. The number of rotatable bonds is 2. The van der Waals surface area contributed by atoms with Crippen molar-refractivity contribution in [3.63, 3.8) is 0 Å². The molecule has 21 heavy (non-hydrogen) atoms. The third-order valence-electron chi connectivity index (χ3n) is 2.66. The first-order valence-electron chi connectivity index (χ1n) is 5.71. The van der Waals surface area contributed by atoms with Crippen LogP contribution in [0.1, 0.15) is 15.9 Å². The summed E-state index contributed by atoms with van der Waals surface area (Å²) in [4.78, 5) is 12.0. The van der Waals surface area contributed by atoms with E-state index >= 15 is 0 Å². The molecule has 1 N–H and O–H groups in total. The summed E-state index contributed by atoms with van der Waals surface area (Å²) in [6, 6.07) is 9.74. The van der Waals surface area contributed by atoms with E-state index in [1.165, 1.54) is 12.1 Å². The Bertz CT molecular complexity index is 688. The van der Waals surface area contributed by atoms with Gasteiger partial charge >= 0.3 is 6.18 Å². The van der Waals surface area contributed by atoms with Gasteiger partial charge in [-0.25, -0.2) is 0 Å². The number of para-hydroxylation sites is 1. The molecule has 0 fully saturated rings. The zero-order valence-electron chi connectivity index (χ0n) is 10.3. The summed E-state index contributed by atoms with van der Waals surface area (Å²) >= 11 is 8.70. The number of carbonyl (C=O) groups excluding carboxylic acids is 1. The van der Waals surface area contributed by atoms with Gasteiger partial charge in [0.25, 0.3) is 5.91 Å². The van der Waals surface area contributed by atoms with Crippen molar-refractivity contribution in [2.24, 2.45) is 0 Å². The highest BCUT2D eigenvalue weighted by Gasteiger charge is 2.33. The smallest absolute Gasteiger partial charge is 0.321 e. The molecule has 1 amide bonds.